The smallest absolute Gasteiger partial charge is 0.328 e. The Hall–Kier alpha value is -3.54. The first-order valence-electron chi connectivity index (χ1n) is 7.55. The van der Waals surface area contributed by atoms with Crippen molar-refractivity contribution in [2.75, 3.05) is 14.2 Å². The van der Waals surface area contributed by atoms with Crippen molar-refractivity contribution in [3.8, 4) is 11.5 Å². The van der Waals surface area contributed by atoms with Crippen LogP contribution in [-0.4, -0.2) is 36.4 Å². The van der Waals surface area contributed by atoms with Crippen LogP contribution < -0.4 is 9.47 Å². The molecule has 0 heterocycles. The van der Waals surface area contributed by atoms with Gasteiger partial charge >= 0.3 is 11.9 Å². The number of aliphatic carboxylic acids is 2. The van der Waals surface area contributed by atoms with E-state index in [9.17, 15) is 9.59 Å². The van der Waals surface area contributed by atoms with Crippen molar-refractivity contribution in [3.05, 3.63) is 71.8 Å². The second-order valence-corrected chi connectivity index (χ2v) is 4.86. The van der Waals surface area contributed by atoms with Crippen LogP contribution in [-0.2, 0) is 9.59 Å². The summed E-state index contributed by atoms with van der Waals surface area (Å²) < 4.78 is 9.99. The van der Waals surface area contributed by atoms with Crippen molar-refractivity contribution >= 4 is 24.1 Å². The van der Waals surface area contributed by atoms with Gasteiger partial charge in [-0.2, -0.15) is 0 Å². The molecule has 0 spiro atoms. The lowest BCUT2D eigenvalue weighted by Crippen LogP contribution is -1.88. The number of ether oxygens (including phenoxy) is 2. The summed E-state index contributed by atoms with van der Waals surface area (Å²) in [6, 6.07) is 14.4. The zero-order chi connectivity index (χ0) is 19.4. The predicted octanol–water partition coefficient (Wildman–Crippen LogP) is 3.59. The molecule has 6 heteroatoms. The number of carboxylic acid groups (broad SMARTS) is 2. The van der Waals surface area contributed by atoms with Crippen molar-refractivity contribution in [2.45, 2.75) is 0 Å². The lowest BCUT2D eigenvalue weighted by Gasteiger charge is -2.02. The fraction of sp³-hybridized carbons (Fsp3) is 0.100. The molecular formula is C20H20O6. The number of methoxy groups -OCH3 is 2. The highest BCUT2D eigenvalue weighted by atomic mass is 16.5. The molecule has 26 heavy (non-hydrogen) atoms. The van der Waals surface area contributed by atoms with Gasteiger partial charge in [0.25, 0.3) is 0 Å². The molecule has 0 aliphatic carbocycles. The zero-order valence-electron chi connectivity index (χ0n) is 14.5. The minimum absolute atomic E-state index is 0.667. The quantitative estimate of drug-likeness (QED) is 0.769. The number of benzene rings is 2. The molecule has 2 N–H and O–H groups in total. The number of rotatable bonds is 6. The van der Waals surface area contributed by atoms with Gasteiger partial charge in [-0.25, -0.2) is 9.59 Å². The van der Waals surface area contributed by atoms with E-state index < -0.39 is 11.9 Å². The van der Waals surface area contributed by atoms with Crippen LogP contribution in [0.4, 0.5) is 0 Å². The molecule has 0 amide bonds. The van der Waals surface area contributed by atoms with Crippen molar-refractivity contribution in [2.24, 2.45) is 0 Å². The summed E-state index contributed by atoms with van der Waals surface area (Å²) in [6.45, 7) is 0. The van der Waals surface area contributed by atoms with E-state index in [1.165, 1.54) is 12.2 Å². The largest absolute Gasteiger partial charge is 0.497 e. The Labute approximate surface area is 151 Å². The number of carboxylic acids is 2. The van der Waals surface area contributed by atoms with Gasteiger partial charge in [-0.15, -0.1) is 0 Å². The Kier molecular flexibility index (Phi) is 8.75. The first-order valence-corrected chi connectivity index (χ1v) is 7.55. The first-order chi connectivity index (χ1) is 12.5. The zero-order valence-corrected chi connectivity index (χ0v) is 14.5. The van der Waals surface area contributed by atoms with Gasteiger partial charge in [-0.1, -0.05) is 30.3 Å². The molecule has 0 radical (unpaired) electrons. The van der Waals surface area contributed by atoms with E-state index in [1.807, 2.05) is 12.1 Å². The lowest BCUT2D eigenvalue weighted by molar-refractivity contribution is -0.132. The summed E-state index contributed by atoms with van der Waals surface area (Å²) in [4.78, 5) is 20.4. The second-order valence-electron chi connectivity index (χ2n) is 4.86. The molecule has 0 aromatic heterocycles. The van der Waals surface area contributed by atoms with Crippen LogP contribution in [0, 0.1) is 0 Å². The summed E-state index contributed by atoms with van der Waals surface area (Å²) >= 11 is 0. The van der Waals surface area contributed by atoms with Gasteiger partial charge in [-0.05, 0) is 35.9 Å². The topological polar surface area (TPSA) is 93.1 Å². The van der Waals surface area contributed by atoms with Gasteiger partial charge in [0.2, 0.25) is 0 Å². The number of hydrogen-bond donors (Lipinski definition) is 2. The molecule has 0 saturated carbocycles. The Morgan fingerprint density at radius 1 is 0.808 bits per heavy atom. The fourth-order valence-electron chi connectivity index (χ4n) is 1.85. The fourth-order valence-corrected chi connectivity index (χ4v) is 1.85. The summed E-state index contributed by atoms with van der Waals surface area (Å²) in [6.07, 6.45) is 5.21. The average molecular weight is 356 g/mol. The van der Waals surface area contributed by atoms with Gasteiger partial charge in [0.15, 0.2) is 0 Å². The molecule has 2 aromatic rings. The highest BCUT2D eigenvalue weighted by Gasteiger charge is 1.97. The van der Waals surface area contributed by atoms with E-state index in [0.29, 0.717) is 5.75 Å². The SMILES string of the molecule is COc1ccc(C=CC(=O)O)cc1.COc1ccccc1C=CC(=O)O. The Morgan fingerprint density at radius 2 is 1.38 bits per heavy atom. The molecule has 0 saturated heterocycles. The van der Waals surface area contributed by atoms with E-state index in [4.69, 9.17) is 19.7 Å². The molecule has 2 rings (SSSR count). The molecule has 136 valence electrons. The van der Waals surface area contributed by atoms with E-state index >= 15 is 0 Å². The molecule has 0 aliphatic rings. The van der Waals surface area contributed by atoms with Crippen molar-refractivity contribution < 1.29 is 29.3 Å². The number of hydrogen-bond acceptors (Lipinski definition) is 4. The van der Waals surface area contributed by atoms with Gasteiger partial charge < -0.3 is 19.7 Å². The van der Waals surface area contributed by atoms with Crippen LogP contribution in [0.1, 0.15) is 11.1 Å². The molecule has 0 atom stereocenters. The summed E-state index contributed by atoms with van der Waals surface area (Å²) in [5.41, 5.74) is 1.59. The van der Waals surface area contributed by atoms with Crippen LogP contribution >= 0.6 is 0 Å². The van der Waals surface area contributed by atoms with Gasteiger partial charge in [0, 0.05) is 17.7 Å². The number of carbonyl (C=O) groups is 2. The van der Waals surface area contributed by atoms with Crippen molar-refractivity contribution in [3.63, 3.8) is 0 Å². The Bertz CT molecular complexity index is 775. The standard InChI is InChI=1S/2C10H10O3/c1-13-9-5-2-8(3-6-9)4-7-10(11)12;1-13-9-5-3-2-4-8(9)6-7-10(11)12/h2*2-7H,1H3,(H,11,12). The second kappa shape index (κ2) is 11.1. The van der Waals surface area contributed by atoms with E-state index in [-0.39, 0.29) is 0 Å². The molecule has 0 aliphatic heterocycles. The normalized spacial score (nSPS) is 10.2. The molecule has 2 aromatic carbocycles. The van der Waals surface area contributed by atoms with Gasteiger partial charge in [0.1, 0.15) is 11.5 Å². The maximum absolute atomic E-state index is 10.2. The van der Waals surface area contributed by atoms with Crippen molar-refractivity contribution in [1.82, 2.24) is 0 Å². The van der Waals surface area contributed by atoms with Gasteiger partial charge in [-0.3, -0.25) is 0 Å². The molecule has 0 bridgehead atoms. The highest BCUT2D eigenvalue weighted by Crippen LogP contribution is 2.18. The molecule has 0 fully saturated rings. The van der Waals surface area contributed by atoms with E-state index in [2.05, 4.69) is 0 Å². The van der Waals surface area contributed by atoms with Crippen molar-refractivity contribution in [1.29, 1.82) is 0 Å². The third kappa shape index (κ3) is 7.83. The van der Waals surface area contributed by atoms with E-state index in [0.717, 1.165) is 29.0 Å². The molecule has 0 unspecified atom stereocenters. The predicted molar refractivity (Wildman–Crippen MR) is 99.3 cm³/mol. The average Bonchev–Trinajstić information content (AvgIpc) is 2.65. The lowest BCUT2D eigenvalue weighted by atomic mass is 10.2. The Balaban J connectivity index is 0.000000260. The minimum atomic E-state index is -0.967. The van der Waals surface area contributed by atoms with E-state index in [1.54, 1.807) is 50.6 Å². The Morgan fingerprint density at radius 3 is 1.92 bits per heavy atom. The first kappa shape index (κ1) is 20.5. The van der Waals surface area contributed by atoms with Crippen LogP contribution in [0.25, 0.3) is 12.2 Å². The summed E-state index contributed by atoms with van der Waals surface area (Å²) in [5, 5.41) is 16.8. The molecule has 6 nitrogen and oxygen atoms in total. The van der Waals surface area contributed by atoms with Crippen LogP contribution in [0.2, 0.25) is 0 Å². The van der Waals surface area contributed by atoms with Crippen LogP contribution in [0.3, 0.4) is 0 Å². The summed E-state index contributed by atoms with van der Waals surface area (Å²) in [7, 11) is 3.13. The maximum atomic E-state index is 10.2. The van der Waals surface area contributed by atoms with Gasteiger partial charge in [0.05, 0.1) is 14.2 Å². The third-order valence-electron chi connectivity index (χ3n) is 3.08. The highest BCUT2D eigenvalue weighted by molar-refractivity contribution is 5.86. The minimum Gasteiger partial charge on any atom is -0.497 e. The summed E-state index contributed by atoms with van der Waals surface area (Å²) in [5.74, 6) is -0.491. The monoisotopic (exact) mass is 356 g/mol. The maximum Gasteiger partial charge on any atom is 0.328 e. The molecular weight excluding hydrogens is 336 g/mol. The number of para-hydroxylation sites is 1. The van der Waals surface area contributed by atoms with Crippen LogP contribution in [0.15, 0.2) is 60.7 Å². The van der Waals surface area contributed by atoms with Crippen LogP contribution in [0.5, 0.6) is 11.5 Å². The third-order valence-corrected chi connectivity index (χ3v) is 3.08.